The van der Waals surface area contributed by atoms with E-state index in [1.54, 1.807) is 0 Å². The van der Waals surface area contributed by atoms with E-state index < -0.39 is 23.7 Å². The molecule has 1 nitrogen and oxygen atoms in total. The molecule has 0 spiro atoms. The minimum absolute atomic E-state index is 0.311. The lowest BCUT2D eigenvalue weighted by atomic mass is 10.3. The second kappa shape index (κ2) is 3.72. The molecular weight excluding hydrogens is 275 g/mol. The second-order valence-electron chi connectivity index (χ2n) is 2.24. The molecule has 0 aliphatic carbocycles. The van der Waals surface area contributed by atoms with E-state index in [2.05, 4.69) is 20.7 Å². The summed E-state index contributed by atoms with van der Waals surface area (Å²) in [5.74, 6) is -3.49. The Labute approximate surface area is 83.6 Å². The molecule has 0 aliphatic rings. The minimum Gasteiger partial charge on any atom is -0.404 e. The van der Waals surface area contributed by atoms with Crippen molar-refractivity contribution >= 4 is 15.9 Å². The fourth-order valence-corrected chi connectivity index (χ4v) is 1.10. The van der Waals surface area contributed by atoms with Crippen LogP contribution in [0.15, 0.2) is 16.6 Å². The van der Waals surface area contributed by atoms with Crippen LogP contribution in [0.3, 0.4) is 0 Å². The average Bonchev–Trinajstić information content (AvgIpc) is 1.97. The molecule has 7 heteroatoms. The van der Waals surface area contributed by atoms with Gasteiger partial charge in [-0.2, -0.15) is 0 Å². The SMILES string of the molecule is Fc1cc(Br)c(OC(F)(F)F)cc1F. The standard InChI is InChI=1S/C7H2BrF5O/c8-3-1-4(9)5(10)2-6(3)14-7(11,12)13/h1-2H. The van der Waals surface area contributed by atoms with Crippen LogP contribution in [0.1, 0.15) is 0 Å². The smallest absolute Gasteiger partial charge is 0.404 e. The maximum atomic E-state index is 12.5. The highest BCUT2D eigenvalue weighted by molar-refractivity contribution is 9.10. The van der Waals surface area contributed by atoms with Crippen LogP contribution in [0.2, 0.25) is 0 Å². The Balaban J connectivity index is 3.04. The largest absolute Gasteiger partial charge is 0.573 e. The summed E-state index contributed by atoms with van der Waals surface area (Å²) < 4.78 is 63.1. The maximum Gasteiger partial charge on any atom is 0.573 e. The predicted molar refractivity (Wildman–Crippen MR) is 40.7 cm³/mol. The van der Waals surface area contributed by atoms with E-state index in [4.69, 9.17) is 0 Å². The van der Waals surface area contributed by atoms with Gasteiger partial charge in [-0.15, -0.1) is 13.2 Å². The van der Waals surface area contributed by atoms with Crippen molar-refractivity contribution in [2.75, 3.05) is 0 Å². The van der Waals surface area contributed by atoms with Gasteiger partial charge >= 0.3 is 6.36 Å². The Morgan fingerprint density at radius 2 is 1.57 bits per heavy atom. The lowest BCUT2D eigenvalue weighted by molar-refractivity contribution is -0.275. The van der Waals surface area contributed by atoms with Gasteiger partial charge in [0.15, 0.2) is 11.6 Å². The molecule has 14 heavy (non-hydrogen) atoms. The van der Waals surface area contributed by atoms with Gasteiger partial charge in [-0.1, -0.05) is 0 Å². The molecular formula is C7H2BrF5O. The van der Waals surface area contributed by atoms with Crippen molar-refractivity contribution in [2.24, 2.45) is 0 Å². The summed E-state index contributed by atoms with van der Waals surface area (Å²) in [6, 6.07) is 0.864. The number of benzene rings is 1. The number of rotatable bonds is 1. The first-order valence-electron chi connectivity index (χ1n) is 3.20. The molecule has 1 aromatic carbocycles. The minimum atomic E-state index is -4.94. The molecule has 0 saturated heterocycles. The lowest BCUT2D eigenvalue weighted by Crippen LogP contribution is -2.17. The summed E-state index contributed by atoms with van der Waals surface area (Å²) in [6.45, 7) is 0. The summed E-state index contributed by atoms with van der Waals surface area (Å²) in [7, 11) is 0. The first-order chi connectivity index (χ1) is 6.29. The van der Waals surface area contributed by atoms with Crippen molar-refractivity contribution in [3.05, 3.63) is 28.2 Å². The van der Waals surface area contributed by atoms with Crippen LogP contribution in [0.25, 0.3) is 0 Å². The molecule has 0 aliphatic heterocycles. The molecule has 0 fully saturated rings. The molecule has 1 rings (SSSR count). The number of hydrogen-bond acceptors (Lipinski definition) is 1. The van der Waals surface area contributed by atoms with Crippen LogP contribution in [0.5, 0.6) is 5.75 Å². The quantitative estimate of drug-likeness (QED) is 0.562. The third-order valence-corrected chi connectivity index (χ3v) is 1.82. The van der Waals surface area contributed by atoms with Gasteiger partial charge in [0.25, 0.3) is 0 Å². The van der Waals surface area contributed by atoms with Gasteiger partial charge in [-0.3, -0.25) is 0 Å². The molecule has 0 atom stereocenters. The second-order valence-corrected chi connectivity index (χ2v) is 3.10. The Morgan fingerprint density at radius 1 is 1.07 bits per heavy atom. The van der Waals surface area contributed by atoms with Gasteiger partial charge in [-0.25, -0.2) is 8.78 Å². The van der Waals surface area contributed by atoms with Gasteiger partial charge in [-0.05, 0) is 22.0 Å². The Morgan fingerprint density at radius 3 is 2.07 bits per heavy atom. The number of ether oxygens (including phenoxy) is 1. The van der Waals surface area contributed by atoms with Crippen molar-refractivity contribution in [1.29, 1.82) is 0 Å². The van der Waals surface area contributed by atoms with E-state index in [1.165, 1.54) is 0 Å². The van der Waals surface area contributed by atoms with Crippen molar-refractivity contribution in [3.8, 4) is 5.75 Å². The van der Waals surface area contributed by atoms with Gasteiger partial charge in [0.05, 0.1) is 4.47 Å². The molecule has 0 saturated carbocycles. The van der Waals surface area contributed by atoms with E-state index in [1.807, 2.05) is 0 Å². The zero-order valence-electron chi connectivity index (χ0n) is 6.33. The Bertz CT molecular complexity index is 349. The third kappa shape index (κ3) is 2.83. The molecule has 1 aromatic rings. The van der Waals surface area contributed by atoms with Crippen LogP contribution in [0.4, 0.5) is 22.0 Å². The van der Waals surface area contributed by atoms with Crippen LogP contribution in [-0.2, 0) is 0 Å². The van der Waals surface area contributed by atoms with Crippen LogP contribution in [-0.4, -0.2) is 6.36 Å². The molecule has 78 valence electrons. The highest BCUT2D eigenvalue weighted by Crippen LogP contribution is 2.31. The molecule has 0 N–H and O–H groups in total. The number of halogens is 6. The normalized spacial score (nSPS) is 11.6. The summed E-state index contributed by atoms with van der Waals surface area (Å²) in [4.78, 5) is 0. The van der Waals surface area contributed by atoms with Crippen molar-refractivity contribution in [2.45, 2.75) is 6.36 Å². The van der Waals surface area contributed by atoms with Crippen LogP contribution < -0.4 is 4.74 Å². The van der Waals surface area contributed by atoms with Gasteiger partial charge in [0.1, 0.15) is 5.75 Å². The maximum absolute atomic E-state index is 12.5. The average molecular weight is 277 g/mol. The van der Waals surface area contributed by atoms with Crippen molar-refractivity contribution in [1.82, 2.24) is 0 Å². The summed E-state index contributed by atoms with van der Waals surface area (Å²) in [5.41, 5.74) is 0. The fraction of sp³-hybridized carbons (Fsp3) is 0.143. The molecule has 0 heterocycles. The fourth-order valence-electron chi connectivity index (χ4n) is 0.707. The highest BCUT2D eigenvalue weighted by Gasteiger charge is 2.32. The number of alkyl halides is 3. The highest BCUT2D eigenvalue weighted by atomic mass is 79.9. The molecule has 0 bridgehead atoms. The number of hydrogen-bond donors (Lipinski definition) is 0. The summed E-state index contributed by atoms with van der Waals surface area (Å²) in [6.07, 6.45) is -4.94. The van der Waals surface area contributed by atoms with Gasteiger partial charge < -0.3 is 4.74 Å². The van der Waals surface area contributed by atoms with E-state index in [9.17, 15) is 22.0 Å². The molecule has 0 amide bonds. The summed E-state index contributed by atoms with van der Waals surface area (Å²) in [5, 5.41) is 0. The zero-order chi connectivity index (χ0) is 10.9. The molecule has 0 aromatic heterocycles. The first-order valence-corrected chi connectivity index (χ1v) is 3.99. The first kappa shape index (κ1) is 11.2. The third-order valence-electron chi connectivity index (χ3n) is 1.20. The topological polar surface area (TPSA) is 9.23 Å². The van der Waals surface area contributed by atoms with Crippen LogP contribution >= 0.6 is 15.9 Å². The molecule has 0 radical (unpaired) electrons. The molecule has 0 unspecified atom stereocenters. The van der Waals surface area contributed by atoms with Gasteiger partial charge in [0.2, 0.25) is 0 Å². The van der Waals surface area contributed by atoms with E-state index >= 15 is 0 Å². The Hall–Kier alpha value is -0.850. The van der Waals surface area contributed by atoms with Crippen molar-refractivity contribution < 1.29 is 26.7 Å². The predicted octanol–water partition coefficient (Wildman–Crippen LogP) is 3.63. The zero-order valence-corrected chi connectivity index (χ0v) is 7.92. The monoisotopic (exact) mass is 276 g/mol. The summed E-state index contributed by atoms with van der Waals surface area (Å²) >= 11 is 2.60. The Kier molecular flexibility index (Phi) is 2.98. The van der Waals surface area contributed by atoms with Crippen LogP contribution in [0, 0.1) is 11.6 Å². The van der Waals surface area contributed by atoms with Crippen molar-refractivity contribution in [3.63, 3.8) is 0 Å². The van der Waals surface area contributed by atoms with E-state index in [0.717, 1.165) is 0 Å². The lowest BCUT2D eigenvalue weighted by Gasteiger charge is -2.10. The van der Waals surface area contributed by atoms with Gasteiger partial charge in [0, 0.05) is 6.07 Å². The van der Waals surface area contributed by atoms with E-state index in [0.29, 0.717) is 12.1 Å². The van der Waals surface area contributed by atoms with E-state index in [-0.39, 0.29) is 4.47 Å².